The minimum atomic E-state index is -0.508. The van der Waals surface area contributed by atoms with Gasteiger partial charge in [-0.2, -0.15) is 5.10 Å². The molecule has 0 radical (unpaired) electrons. The topological polar surface area (TPSA) is 93.8 Å². The van der Waals surface area contributed by atoms with E-state index in [2.05, 4.69) is 10.5 Å². The van der Waals surface area contributed by atoms with Crippen LogP contribution in [-0.4, -0.2) is 23.7 Å². The van der Waals surface area contributed by atoms with Crippen molar-refractivity contribution in [3.8, 4) is 5.75 Å². The number of amides is 1. The molecule has 3 aromatic rings. The summed E-state index contributed by atoms with van der Waals surface area (Å²) < 4.78 is 5.45. The number of hydrogen-bond acceptors (Lipinski definition) is 5. The third-order valence-corrected chi connectivity index (χ3v) is 3.62. The van der Waals surface area contributed by atoms with Crippen LogP contribution in [0.3, 0.4) is 0 Å². The highest BCUT2D eigenvalue weighted by atomic mass is 16.6. The number of ether oxygens (including phenoxy) is 1. The number of nitro groups is 1. The summed E-state index contributed by atoms with van der Waals surface area (Å²) in [5, 5.41) is 16.7. The Morgan fingerprint density at radius 1 is 1.08 bits per heavy atom. The Morgan fingerprint density at radius 2 is 1.81 bits per heavy atom. The van der Waals surface area contributed by atoms with Gasteiger partial charge in [0.1, 0.15) is 5.75 Å². The Labute approximate surface area is 149 Å². The van der Waals surface area contributed by atoms with Gasteiger partial charge in [0.15, 0.2) is 6.61 Å². The Kier molecular flexibility index (Phi) is 5.19. The molecule has 130 valence electrons. The van der Waals surface area contributed by atoms with Crippen molar-refractivity contribution in [1.82, 2.24) is 5.43 Å². The molecule has 0 saturated heterocycles. The molecule has 0 aromatic heterocycles. The minimum Gasteiger partial charge on any atom is -0.484 e. The molecule has 7 heteroatoms. The van der Waals surface area contributed by atoms with Crippen LogP contribution in [0.4, 0.5) is 5.69 Å². The summed E-state index contributed by atoms with van der Waals surface area (Å²) in [6, 6.07) is 19.5. The number of nitro benzene ring substituents is 1. The Bertz CT molecular complexity index is 985. The van der Waals surface area contributed by atoms with Gasteiger partial charge in [-0.05, 0) is 29.0 Å². The average molecular weight is 349 g/mol. The molecule has 0 bridgehead atoms. The zero-order valence-electron chi connectivity index (χ0n) is 13.7. The van der Waals surface area contributed by atoms with Crippen LogP contribution in [0, 0.1) is 10.1 Å². The molecule has 0 aliphatic carbocycles. The van der Waals surface area contributed by atoms with Gasteiger partial charge in [-0.1, -0.05) is 42.5 Å². The minimum absolute atomic E-state index is 0.0853. The van der Waals surface area contributed by atoms with Crippen molar-refractivity contribution in [3.05, 3.63) is 82.4 Å². The maximum absolute atomic E-state index is 11.8. The lowest BCUT2D eigenvalue weighted by atomic mass is 10.1. The number of carbonyl (C=O) groups is 1. The summed E-state index contributed by atoms with van der Waals surface area (Å²) in [5.74, 6) is 0.106. The summed E-state index contributed by atoms with van der Waals surface area (Å²) in [6.45, 7) is -0.216. The fraction of sp³-hybridized carbons (Fsp3) is 0.0526. The van der Waals surface area contributed by atoms with Crippen LogP contribution in [0.5, 0.6) is 5.75 Å². The smallest absolute Gasteiger partial charge is 0.278 e. The van der Waals surface area contributed by atoms with Crippen LogP contribution in [0.25, 0.3) is 10.8 Å². The monoisotopic (exact) mass is 349 g/mol. The highest BCUT2D eigenvalue weighted by Gasteiger charge is 2.10. The molecule has 0 atom stereocenters. The van der Waals surface area contributed by atoms with Crippen LogP contribution in [0.2, 0.25) is 0 Å². The molecule has 0 saturated carbocycles. The molecule has 1 N–H and O–H groups in total. The molecule has 0 unspecified atom stereocenters. The van der Waals surface area contributed by atoms with Crippen LogP contribution in [0.15, 0.2) is 71.8 Å². The molecule has 0 fully saturated rings. The summed E-state index contributed by atoms with van der Waals surface area (Å²) in [5.41, 5.74) is 2.50. The molecule has 0 aliphatic heterocycles. The first-order valence-electron chi connectivity index (χ1n) is 7.80. The molecule has 0 spiro atoms. The number of carbonyl (C=O) groups excluding carboxylic acids is 1. The van der Waals surface area contributed by atoms with Gasteiger partial charge in [0, 0.05) is 6.07 Å². The third kappa shape index (κ3) is 4.21. The number of hydrogen-bond donors (Lipinski definition) is 1. The van der Waals surface area contributed by atoms with Gasteiger partial charge in [0.2, 0.25) is 0 Å². The first-order valence-corrected chi connectivity index (χ1v) is 7.80. The zero-order chi connectivity index (χ0) is 18.4. The third-order valence-electron chi connectivity index (χ3n) is 3.62. The maximum atomic E-state index is 11.8. The Hall–Kier alpha value is -3.74. The summed E-state index contributed by atoms with van der Waals surface area (Å²) in [7, 11) is 0. The second-order valence-corrected chi connectivity index (χ2v) is 5.41. The molecule has 3 aromatic carbocycles. The van der Waals surface area contributed by atoms with Crippen LogP contribution < -0.4 is 10.2 Å². The number of fused-ring (bicyclic) bond motifs is 1. The number of hydrazone groups is 1. The first kappa shape index (κ1) is 17.1. The fourth-order valence-electron chi connectivity index (χ4n) is 2.38. The van der Waals surface area contributed by atoms with Gasteiger partial charge in [0.25, 0.3) is 11.6 Å². The van der Waals surface area contributed by atoms with Gasteiger partial charge in [0.05, 0.1) is 16.7 Å². The van der Waals surface area contributed by atoms with Gasteiger partial charge >= 0.3 is 0 Å². The van der Waals surface area contributed by atoms with Crippen molar-refractivity contribution in [2.75, 3.05) is 6.61 Å². The van der Waals surface area contributed by atoms with Crippen molar-refractivity contribution in [2.45, 2.75) is 0 Å². The van der Waals surface area contributed by atoms with Crippen molar-refractivity contribution < 1.29 is 14.5 Å². The molecule has 26 heavy (non-hydrogen) atoms. The number of para-hydroxylation sites is 1. The van der Waals surface area contributed by atoms with Crippen molar-refractivity contribution in [3.63, 3.8) is 0 Å². The van der Waals surface area contributed by atoms with Crippen LogP contribution in [0.1, 0.15) is 5.56 Å². The van der Waals surface area contributed by atoms with E-state index < -0.39 is 10.8 Å². The predicted molar refractivity (Wildman–Crippen MR) is 98.3 cm³/mol. The van der Waals surface area contributed by atoms with E-state index in [1.54, 1.807) is 24.3 Å². The molecule has 7 nitrogen and oxygen atoms in total. The fourth-order valence-corrected chi connectivity index (χ4v) is 2.38. The van der Waals surface area contributed by atoms with E-state index >= 15 is 0 Å². The zero-order valence-corrected chi connectivity index (χ0v) is 13.7. The van der Waals surface area contributed by atoms with Gasteiger partial charge in [-0.3, -0.25) is 14.9 Å². The molecule has 1 amide bonds. The molecular weight excluding hydrogens is 334 g/mol. The van der Waals surface area contributed by atoms with Crippen LogP contribution in [-0.2, 0) is 4.79 Å². The highest BCUT2D eigenvalue weighted by molar-refractivity contribution is 5.87. The van der Waals surface area contributed by atoms with E-state index in [-0.39, 0.29) is 12.3 Å². The molecular formula is C19H15N3O4. The summed E-state index contributed by atoms with van der Waals surface area (Å²) in [4.78, 5) is 22.2. The lowest BCUT2D eigenvalue weighted by molar-refractivity contribution is -0.385. The second kappa shape index (κ2) is 7.89. The van der Waals surface area contributed by atoms with E-state index in [0.29, 0.717) is 11.3 Å². The molecule has 0 heterocycles. The van der Waals surface area contributed by atoms with Crippen molar-refractivity contribution in [2.24, 2.45) is 5.10 Å². The SMILES string of the molecule is O=C(COc1ccc2ccccc2c1)NN=Cc1ccccc1[N+](=O)[O-]. The van der Waals surface area contributed by atoms with E-state index in [4.69, 9.17) is 4.74 Å². The lowest BCUT2D eigenvalue weighted by Crippen LogP contribution is -2.24. The number of nitrogens with zero attached hydrogens (tertiary/aromatic N) is 2. The second-order valence-electron chi connectivity index (χ2n) is 5.41. The Balaban J connectivity index is 1.56. The molecule has 3 rings (SSSR count). The number of nitrogens with one attached hydrogen (secondary N) is 1. The number of benzene rings is 3. The quantitative estimate of drug-likeness (QED) is 0.420. The van der Waals surface area contributed by atoms with Crippen molar-refractivity contribution >= 4 is 28.6 Å². The van der Waals surface area contributed by atoms with Gasteiger partial charge < -0.3 is 4.74 Å². The lowest BCUT2D eigenvalue weighted by Gasteiger charge is -2.06. The number of rotatable bonds is 6. The highest BCUT2D eigenvalue weighted by Crippen LogP contribution is 2.20. The van der Waals surface area contributed by atoms with E-state index in [9.17, 15) is 14.9 Å². The standard InChI is InChI=1S/C19H15N3O4/c23-19(21-20-12-16-7-3-4-8-18(16)22(24)25)13-26-17-10-9-14-5-1-2-6-15(14)11-17/h1-12H,13H2,(H,21,23). The van der Waals surface area contributed by atoms with Crippen molar-refractivity contribution in [1.29, 1.82) is 0 Å². The van der Waals surface area contributed by atoms with E-state index in [1.165, 1.54) is 12.3 Å². The van der Waals surface area contributed by atoms with Gasteiger partial charge in [-0.25, -0.2) is 5.43 Å². The predicted octanol–water partition coefficient (Wildman–Crippen LogP) is 3.28. The first-order chi connectivity index (χ1) is 12.6. The normalized spacial score (nSPS) is 10.8. The average Bonchev–Trinajstić information content (AvgIpc) is 2.66. The largest absolute Gasteiger partial charge is 0.484 e. The summed E-state index contributed by atoms with van der Waals surface area (Å²) in [6.07, 6.45) is 1.23. The maximum Gasteiger partial charge on any atom is 0.278 e. The molecule has 0 aliphatic rings. The summed E-state index contributed by atoms with van der Waals surface area (Å²) >= 11 is 0. The van der Waals surface area contributed by atoms with Gasteiger partial charge in [-0.15, -0.1) is 0 Å². The van der Waals surface area contributed by atoms with Crippen LogP contribution >= 0.6 is 0 Å². The van der Waals surface area contributed by atoms with E-state index in [1.807, 2.05) is 36.4 Å². The Morgan fingerprint density at radius 3 is 2.62 bits per heavy atom. The van der Waals surface area contributed by atoms with E-state index in [0.717, 1.165) is 10.8 Å².